The van der Waals surface area contributed by atoms with Gasteiger partial charge in [-0.25, -0.2) is 13.2 Å². The number of carbonyl (C=O) groups excluding carboxylic acids is 1. The first-order valence-corrected chi connectivity index (χ1v) is 9.46. The SMILES string of the molecule is COC(=O)c1cccc(N(C)S(=O)(=O)c2ccc3ccccc3c2)c1C. The van der Waals surface area contributed by atoms with Crippen molar-refractivity contribution in [1.29, 1.82) is 0 Å². The second kappa shape index (κ2) is 6.80. The summed E-state index contributed by atoms with van der Waals surface area (Å²) in [5.41, 5.74) is 1.32. The van der Waals surface area contributed by atoms with Crippen molar-refractivity contribution in [2.75, 3.05) is 18.5 Å². The number of benzene rings is 3. The third kappa shape index (κ3) is 3.04. The first-order valence-electron chi connectivity index (χ1n) is 8.02. The topological polar surface area (TPSA) is 63.7 Å². The molecule has 0 saturated carbocycles. The molecular formula is C20H19NO4S. The second-order valence-electron chi connectivity index (χ2n) is 5.92. The summed E-state index contributed by atoms with van der Waals surface area (Å²) in [5.74, 6) is -0.499. The van der Waals surface area contributed by atoms with E-state index in [2.05, 4.69) is 0 Å². The number of hydrogen-bond donors (Lipinski definition) is 0. The lowest BCUT2D eigenvalue weighted by atomic mass is 10.1. The van der Waals surface area contributed by atoms with E-state index in [9.17, 15) is 13.2 Å². The fourth-order valence-corrected chi connectivity index (χ4v) is 4.20. The molecule has 26 heavy (non-hydrogen) atoms. The van der Waals surface area contributed by atoms with Gasteiger partial charge in [0.2, 0.25) is 0 Å². The molecule has 0 amide bonds. The highest BCUT2D eigenvalue weighted by Crippen LogP contribution is 2.29. The molecule has 0 radical (unpaired) electrons. The molecule has 0 heterocycles. The van der Waals surface area contributed by atoms with Crippen LogP contribution in [-0.4, -0.2) is 28.5 Å². The van der Waals surface area contributed by atoms with E-state index < -0.39 is 16.0 Å². The van der Waals surface area contributed by atoms with Gasteiger partial charge in [0.1, 0.15) is 0 Å². The first kappa shape index (κ1) is 17.9. The number of nitrogens with zero attached hydrogens (tertiary/aromatic N) is 1. The van der Waals surface area contributed by atoms with E-state index in [-0.39, 0.29) is 4.90 Å². The third-order valence-electron chi connectivity index (χ3n) is 4.43. The molecule has 3 rings (SSSR count). The molecule has 3 aromatic carbocycles. The lowest BCUT2D eigenvalue weighted by molar-refractivity contribution is 0.0600. The predicted molar refractivity (Wildman–Crippen MR) is 102 cm³/mol. The Kier molecular flexibility index (Phi) is 4.70. The monoisotopic (exact) mass is 369 g/mol. The van der Waals surface area contributed by atoms with E-state index >= 15 is 0 Å². The average Bonchev–Trinajstić information content (AvgIpc) is 2.66. The van der Waals surface area contributed by atoms with Crippen LogP contribution in [0.25, 0.3) is 10.8 Å². The molecule has 0 aromatic heterocycles. The Morgan fingerprint density at radius 3 is 2.35 bits per heavy atom. The number of sulfonamides is 1. The van der Waals surface area contributed by atoms with Crippen molar-refractivity contribution in [3.63, 3.8) is 0 Å². The van der Waals surface area contributed by atoms with E-state index in [1.165, 1.54) is 18.5 Å². The van der Waals surface area contributed by atoms with Crippen LogP contribution < -0.4 is 4.31 Å². The van der Waals surface area contributed by atoms with Crippen LogP contribution in [0.3, 0.4) is 0 Å². The van der Waals surface area contributed by atoms with Crippen LogP contribution in [0.2, 0.25) is 0 Å². The van der Waals surface area contributed by atoms with Crippen LogP contribution in [-0.2, 0) is 14.8 Å². The zero-order valence-electron chi connectivity index (χ0n) is 14.8. The molecule has 5 nitrogen and oxygen atoms in total. The maximum atomic E-state index is 13.1. The van der Waals surface area contributed by atoms with Gasteiger partial charge < -0.3 is 4.74 Å². The molecule has 0 fully saturated rings. The average molecular weight is 369 g/mol. The normalized spacial score (nSPS) is 11.3. The summed E-state index contributed by atoms with van der Waals surface area (Å²) >= 11 is 0. The Hall–Kier alpha value is -2.86. The molecule has 0 saturated heterocycles. The van der Waals surface area contributed by atoms with Crippen LogP contribution in [0.4, 0.5) is 5.69 Å². The summed E-state index contributed by atoms with van der Waals surface area (Å²) in [6.07, 6.45) is 0. The Balaban J connectivity index is 2.08. The minimum absolute atomic E-state index is 0.196. The fraction of sp³-hybridized carbons (Fsp3) is 0.150. The molecule has 6 heteroatoms. The number of anilines is 1. The minimum Gasteiger partial charge on any atom is -0.465 e. The molecule has 3 aromatic rings. The molecule has 0 atom stereocenters. The van der Waals surface area contributed by atoms with Gasteiger partial charge in [0, 0.05) is 7.05 Å². The van der Waals surface area contributed by atoms with Gasteiger partial charge in [-0.05, 0) is 47.5 Å². The van der Waals surface area contributed by atoms with Gasteiger partial charge in [0.15, 0.2) is 0 Å². The van der Waals surface area contributed by atoms with E-state index in [1.54, 1.807) is 43.3 Å². The number of esters is 1. The smallest absolute Gasteiger partial charge is 0.338 e. The maximum absolute atomic E-state index is 13.1. The van der Waals surface area contributed by atoms with E-state index in [0.29, 0.717) is 16.8 Å². The maximum Gasteiger partial charge on any atom is 0.338 e. The van der Waals surface area contributed by atoms with Crippen molar-refractivity contribution in [2.24, 2.45) is 0 Å². The number of hydrogen-bond acceptors (Lipinski definition) is 4. The van der Waals surface area contributed by atoms with E-state index in [0.717, 1.165) is 10.8 Å². The summed E-state index contributed by atoms with van der Waals surface area (Å²) in [7, 11) is -0.998. The van der Waals surface area contributed by atoms with Gasteiger partial charge in [-0.15, -0.1) is 0 Å². The molecule has 0 aliphatic carbocycles. The molecule has 0 aliphatic heterocycles. The third-order valence-corrected chi connectivity index (χ3v) is 6.20. The molecule has 0 N–H and O–H groups in total. The van der Waals surface area contributed by atoms with Crippen LogP contribution in [0.1, 0.15) is 15.9 Å². The summed E-state index contributed by atoms with van der Waals surface area (Å²) in [5, 5.41) is 1.82. The largest absolute Gasteiger partial charge is 0.465 e. The Morgan fingerprint density at radius 2 is 1.65 bits per heavy atom. The number of rotatable bonds is 4. The van der Waals surface area contributed by atoms with Gasteiger partial charge in [-0.3, -0.25) is 4.31 Å². The minimum atomic E-state index is -3.77. The van der Waals surface area contributed by atoms with Crippen molar-refractivity contribution in [3.05, 3.63) is 71.8 Å². The van der Waals surface area contributed by atoms with Crippen molar-refractivity contribution in [2.45, 2.75) is 11.8 Å². The summed E-state index contributed by atoms with van der Waals surface area (Å²) in [6, 6.07) is 17.5. The molecule has 134 valence electrons. The number of methoxy groups -OCH3 is 1. The van der Waals surface area contributed by atoms with Crippen LogP contribution in [0.5, 0.6) is 0 Å². The van der Waals surface area contributed by atoms with Crippen molar-refractivity contribution >= 4 is 32.5 Å². The zero-order valence-corrected chi connectivity index (χ0v) is 15.6. The highest BCUT2D eigenvalue weighted by molar-refractivity contribution is 7.92. The highest BCUT2D eigenvalue weighted by atomic mass is 32.2. The molecule has 0 aliphatic rings. The Labute approximate surface area is 152 Å². The van der Waals surface area contributed by atoms with Gasteiger partial charge >= 0.3 is 5.97 Å². The van der Waals surface area contributed by atoms with Gasteiger partial charge in [-0.1, -0.05) is 36.4 Å². The summed E-state index contributed by atoms with van der Waals surface area (Å²) in [6.45, 7) is 1.70. The van der Waals surface area contributed by atoms with Crippen LogP contribution >= 0.6 is 0 Å². The predicted octanol–water partition coefficient (Wildman–Crippen LogP) is 3.76. The van der Waals surface area contributed by atoms with Gasteiger partial charge in [0.05, 0.1) is 23.3 Å². The molecule has 0 spiro atoms. The molecular weight excluding hydrogens is 350 g/mol. The van der Waals surface area contributed by atoms with Crippen molar-refractivity contribution in [3.8, 4) is 0 Å². The second-order valence-corrected chi connectivity index (χ2v) is 7.89. The van der Waals surface area contributed by atoms with Gasteiger partial charge in [0.25, 0.3) is 10.0 Å². The van der Waals surface area contributed by atoms with Crippen LogP contribution in [0.15, 0.2) is 65.6 Å². The van der Waals surface area contributed by atoms with Gasteiger partial charge in [-0.2, -0.15) is 0 Å². The number of ether oxygens (including phenoxy) is 1. The van der Waals surface area contributed by atoms with E-state index in [4.69, 9.17) is 4.74 Å². The summed E-state index contributed by atoms with van der Waals surface area (Å²) in [4.78, 5) is 12.1. The van der Waals surface area contributed by atoms with E-state index in [1.807, 2.05) is 24.3 Å². The van der Waals surface area contributed by atoms with Crippen molar-refractivity contribution < 1.29 is 17.9 Å². The number of fused-ring (bicyclic) bond motifs is 1. The molecule has 0 unspecified atom stereocenters. The fourth-order valence-electron chi connectivity index (χ4n) is 2.91. The standard InChI is InChI=1S/C20H19NO4S/c1-14-18(20(22)25-3)9-6-10-19(14)21(2)26(23,24)17-12-11-15-7-4-5-8-16(15)13-17/h4-13H,1-3H3. The van der Waals surface area contributed by atoms with Crippen molar-refractivity contribution in [1.82, 2.24) is 0 Å². The Morgan fingerprint density at radius 1 is 0.962 bits per heavy atom. The zero-order chi connectivity index (χ0) is 18.9. The summed E-state index contributed by atoms with van der Waals surface area (Å²) < 4.78 is 32.1. The lowest BCUT2D eigenvalue weighted by Gasteiger charge is -2.22. The quantitative estimate of drug-likeness (QED) is 0.657. The lowest BCUT2D eigenvalue weighted by Crippen LogP contribution is -2.27. The highest BCUT2D eigenvalue weighted by Gasteiger charge is 2.24. The van der Waals surface area contributed by atoms with Crippen LogP contribution in [0, 0.1) is 6.92 Å². The first-order chi connectivity index (χ1) is 12.4. The Bertz CT molecular complexity index is 1090. The number of carbonyl (C=O) groups is 1. The molecule has 0 bridgehead atoms.